The van der Waals surface area contributed by atoms with Crippen molar-refractivity contribution >= 4 is 10.9 Å². The van der Waals surface area contributed by atoms with Crippen LogP contribution in [0.2, 0.25) is 0 Å². The molecule has 1 N–H and O–H groups in total. The Balaban J connectivity index is 2.29. The van der Waals surface area contributed by atoms with Crippen LogP contribution in [-0.4, -0.2) is 11.6 Å². The van der Waals surface area contributed by atoms with Crippen molar-refractivity contribution < 1.29 is 4.74 Å². The van der Waals surface area contributed by atoms with Crippen LogP contribution in [0.5, 0.6) is 0 Å². The van der Waals surface area contributed by atoms with E-state index in [4.69, 9.17) is 4.74 Å². The number of hydrogen-bond acceptors (Lipinski definition) is 2. The smallest absolute Gasteiger partial charge is 0.195 e. The number of rotatable bonds is 1. The molecule has 1 aromatic carbocycles. The second-order valence-electron chi connectivity index (χ2n) is 5.17. The minimum absolute atomic E-state index is 0.126. The van der Waals surface area contributed by atoms with E-state index in [0.717, 1.165) is 28.6 Å². The van der Waals surface area contributed by atoms with E-state index >= 15 is 0 Å². The monoisotopic (exact) mass is 243 g/mol. The van der Waals surface area contributed by atoms with Gasteiger partial charge in [0.25, 0.3) is 0 Å². The first-order chi connectivity index (χ1) is 8.66. The minimum atomic E-state index is 0.126. The SMILES string of the molecule is CC(C)c1ccc2[nH]c3c(c(=O)c2c1)COCC3. The lowest BCUT2D eigenvalue weighted by atomic mass is 9.99. The van der Waals surface area contributed by atoms with Crippen molar-refractivity contribution in [2.75, 3.05) is 6.61 Å². The molecule has 2 heterocycles. The average Bonchev–Trinajstić information content (AvgIpc) is 2.38. The van der Waals surface area contributed by atoms with Gasteiger partial charge < -0.3 is 9.72 Å². The zero-order valence-corrected chi connectivity index (χ0v) is 10.7. The molecule has 2 aromatic rings. The summed E-state index contributed by atoms with van der Waals surface area (Å²) >= 11 is 0. The number of hydrogen-bond donors (Lipinski definition) is 1. The van der Waals surface area contributed by atoms with Gasteiger partial charge in [-0.25, -0.2) is 0 Å². The number of aromatic amines is 1. The predicted molar refractivity (Wildman–Crippen MR) is 72.0 cm³/mol. The maximum atomic E-state index is 12.4. The quantitative estimate of drug-likeness (QED) is 0.836. The summed E-state index contributed by atoms with van der Waals surface area (Å²) in [5.41, 5.74) is 4.10. The van der Waals surface area contributed by atoms with Crippen LogP contribution in [0.3, 0.4) is 0 Å². The van der Waals surface area contributed by atoms with Gasteiger partial charge in [-0.15, -0.1) is 0 Å². The highest BCUT2D eigenvalue weighted by Crippen LogP contribution is 2.21. The van der Waals surface area contributed by atoms with Gasteiger partial charge in [0, 0.05) is 28.6 Å². The van der Waals surface area contributed by atoms with E-state index in [2.05, 4.69) is 24.9 Å². The van der Waals surface area contributed by atoms with E-state index in [1.807, 2.05) is 12.1 Å². The molecular formula is C15H17NO2. The lowest BCUT2D eigenvalue weighted by Crippen LogP contribution is -2.21. The van der Waals surface area contributed by atoms with Gasteiger partial charge >= 0.3 is 0 Å². The van der Waals surface area contributed by atoms with Gasteiger partial charge in [-0.05, 0) is 23.6 Å². The fourth-order valence-corrected chi connectivity index (χ4v) is 2.47. The normalized spacial score (nSPS) is 15.1. The first-order valence-electron chi connectivity index (χ1n) is 6.42. The topological polar surface area (TPSA) is 42.1 Å². The molecule has 3 heteroatoms. The van der Waals surface area contributed by atoms with Crippen LogP contribution >= 0.6 is 0 Å². The van der Waals surface area contributed by atoms with Crippen molar-refractivity contribution in [2.24, 2.45) is 0 Å². The number of H-pyrrole nitrogens is 1. The van der Waals surface area contributed by atoms with Crippen molar-refractivity contribution in [1.29, 1.82) is 0 Å². The molecule has 0 saturated heterocycles. The maximum absolute atomic E-state index is 12.4. The minimum Gasteiger partial charge on any atom is -0.376 e. The number of ether oxygens (including phenoxy) is 1. The fraction of sp³-hybridized carbons (Fsp3) is 0.400. The Kier molecular flexibility index (Phi) is 2.71. The molecule has 0 aliphatic carbocycles. The zero-order chi connectivity index (χ0) is 12.7. The van der Waals surface area contributed by atoms with Crippen LogP contribution in [-0.2, 0) is 17.8 Å². The Labute approximate surface area is 106 Å². The Morgan fingerprint density at radius 1 is 1.33 bits per heavy atom. The lowest BCUT2D eigenvalue weighted by molar-refractivity contribution is 0.109. The van der Waals surface area contributed by atoms with Crippen LogP contribution in [0, 0.1) is 0 Å². The third-order valence-corrected chi connectivity index (χ3v) is 3.62. The molecule has 0 radical (unpaired) electrons. The van der Waals surface area contributed by atoms with Gasteiger partial charge in [0.1, 0.15) is 0 Å². The summed E-state index contributed by atoms with van der Waals surface area (Å²) in [6.07, 6.45) is 0.798. The highest BCUT2D eigenvalue weighted by Gasteiger charge is 2.16. The highest BCUT2D eigenvalue weighted by atomic mass is 16.5. The van der Waals surface area contributed by atoms with Gasteiger partial charge in [-0.2, -0.15) is 0 Å². The van der Waals surface area contributed by atoms with Crippen molar-refractivity contribution in [3.63, 3.8) is 0 Å². The second kappa shape index (κ2) is 4.25. The van der Waals surface area contributed by atoms with Crippen LogP contribution in [0.4, 0.5) is 0 Å². The molecule has 0 saturated carbocycles. The van der Waals surface area contributed by atoms with Gasteiger partial charge in [-0.3, -0.25) is 4.79 Å². The Hall–Kier alpha value is -1.61. The van der Waals surface area contributed by atoms with Gasteiger partial charge in [0.15, 0.2) is 5.43 Å². The average molecular weight is 243 g/mol. The number of benzene rings is 1. The molecule has 18 heavy (non-hydrogen) atoms. The van der Waals surface area contributed by atoms with Crippen molar-refractivity contribution in [3.05, 3.63) is 45.2 Å². The molecule has 0 unspecified atom stereocenters. The van der Waals surface area contributed by atoms with Crippen LogP contribution in [0.1, 0.15) is 36.6 Å². The second-order valence-corrected chi connectivity index (χ2v) is 5.17. The molecule has 0 atom stereocenters. The number of aromatic nitrogens is 1. The largest absolute Gasteiger partial charge is 0.376 e. The summed E-state index contributed by atoms with van der Waals surface area (Å²) in [4.78, 5) is 15.8. The van der Waals surface area contributed by atoms with Crippen molar-refractivity contribution in [2.45, 2.75) is 32.8 Å². The van der Waals surface area contributed by atoms with E-state index in [1.165, 1.54) is 5.56 Å². The number of pyridine rings is 1. The third-order valence-electron chi connectivity index (χ3n) is 3.62. The van der Waals surface area contributed by atoms with Crippen molar-refractivity contribution in [1.82, 2.24) is 4.98 Å². The maximum Gasteiger partial charge on any atom is 0.195 e. The zero-order valence-electron chi connectivity index (χ0n) is 10.7. The summed E-state index contributed by atoms with van der Waals surface area (Å²) < 4.78 is 5.38. The molecule has 0 fully saturated rings. The number of fused-ring (bicyclic) bond motifs is 2. The fourth-order valence-electron chi connectivity index (χ4n) is 2.47. The highest BCUT2D eigenvalue weighted by molar-refractivity contribution is 5.80. The van der Waals surface area contributed by atoms with Crippen LogP contribution in [0.25, 0.3) is 10.9 Å². The van der Waals surface area contributed by atoms with E-state index in [0.29, 0.717) is 19.1 Å². The predicted octanol–water partition coefficient (Wildman–Crippen LogP) is 2.72. The molecule has 0 spiro atoms. The summed E-state index contributed by atoms with van der Waals surface area (Å²) in [6, 6.07) is 6.12. The first-order valence-corrected chi connectivity index (χ1v) is 6.42. The Bertz CT molecular complexity index is 655. The molecular weight excluding hydrogens is 226 g/mol. The summed E-state index contributed by atoms with van der Waals surface area (Å²) in [5.74, 6) is 0.432. The molecule has 94 valence electrons. The van der Waals surface area contributed by atoms with E-state index in [1.54, 1.807) is 0 Å². The van der Waals surface area contributed by atoms with Crippen molar-refractivity contribution in [3.8, 4) is 0 Å². The lowest BCUT2D eigenvalue weighted by Gasteiger charge is -2.17. The van der Waals surface area contributed by atoms with Crippen LogP contribution < -0.4 is 5.43 Å². The van der Waals surface area contributed by atoms with E-state index in [-0.39, 0.29) is 5.43 Å². The summed E-state index contributed by atoms with van der Waals surface area (Å²) in [5, 5.41) is 0.783. The molecule has 3 rings (SSSR count). The third kappa shape index (κ3) is 1.75. The standard InChI is InChI=1S/C15H17NO2/c1-9(2)10-3-4-13-11(7-10)15(17)12-8-18-6-5-14(12)16-13/h3-4,7,9H,5-6,8H2,1-2H3,(H,16,17). The molecule has 3 nitrogen and oxygen atoms in total. The molecule has 1 aliphatic rings. The summed E-state index contributed by atoms with van der Waals surface area (Å²) in [6.45, 7) is 5.40. The summed E-state index contributed by atoms with van der Waals surface area (Å²) in [7, 11) is 0. The Morgan fingerprint density at radius 2 is 2.17 bits per heavy atom. The molecule has 1 aliphatic heterocycles. The van der Waals surface area contributed by atoms with E-state index < -0.39 is 0 Å². The number of nitrogens with one attached hydrogen (secondary N) is 1. The van der Waals surface area contributed by atoms with Crippen LogP contribution in [0.15, 0.2) is 23.0 Å². The molecule has 1 aromatic heterocycles. The van der Waals surface area contributed by atoms with E-state index in [9.17, 15) is 4.79 Å². The Morgan fingerprint density at radius 3 is 2.94 bits per heavy atom. The molecule has 0 bridgehead atoms. The van der Waals surface area contributed by atoms with Gasteiger partial charge in [0.2, 0.25) is 0 Å². The van der Waals surface area contributed by atoms with Gasteiger partial charge in [-0.1, -0.05) is 19.9 Å². The molecule has 0 amide bonds. The van der Waals surface area contributed by atoms with Gasteiger partial charge in [0.05, 0.1) is 13.2 Å². The first kappa shape index (κ1) is 11.5.